The summed E-state index contributed by atoms with van der Waals surface area (Å²) >= 11 is 5.05. The van der Waals surface area contributed by atoms with Gasteiger partial charge >= 0.3 is 5.97 Å². The maximum absolute atomic E-state index is 11.1. The molecule has 3 nitrogen and oxygen atoms in total. The molecule has 94 valence electrons. The third kappa shape index (κ3) is 6.10. The van der Waals surface area contributed by atoms with Gasteiger partial charge in [-0.1, -0.05) is 34.1 Å². The van der Waals surface area contributed by atoms with Gasteiger partial charge in [0.1, 0.15) is 4.83 Å². The fraction of sp³-hybridized carbons (Fsp3) is 0.417. The molecule has 0 amide bonds. The lowest BCUT2D eigenvalue weighted by Crippen LogP contribution is -2.30. The average Bonchev–Trinajstić information content (AvgIpc) is 2.38. The molecule has 1 aromatic rings. The summed E-state index contributed by atoms with van der Waals surface area (Å²) in [7, 11) is 1.39. The predicted octanol–water partition coefficient (Wildman–Crippen LogP) is 2.30. The van der Waals surface area contributed by atoms with Crippen molar-refractivity contribution in [1.82, 2.24) is 5.32 Å². The molecule has 0 radical (unpaired) electrons. The molecule has 0 aliphatic carbocycles. The molecule has 0 heterocycles. The number of thioether (sulfide) groups is 1. The van der Waals surface area contributed by atoms with Gasteiger partial charge in [0.05, 0.1) is 7.11 Å². The zero-order valence-corrected chi connectivity index (χ0v) is 12.1. The van der Waals surface area contributed by atoms with Crippen molar-refractivity contribution in [3.8, 4) is 0 Å². The lowest BCUT2D eigenvalue weighted by Gasteiger charge is -2.08. The standard InChI is InChI=1S/C12H16BrNO2S/c1-16-12(15)11(13)9-14-7-8-17-10-5-3-2-4-6-10/h2-6,11,14H,7-9H2,1H3. The van der Waals surface area contributed by atoms with Gasteiger partial charge in [0.15, 0.2) is 0 Å². The highest BCUT2D eigenvalue weighted by molar-refractivity contribution is 9.10. The SMILES string of the molecule is COC(=O)C(Br)CNCCSc1ccccc1. The van der Waals surface area contributed by atoms with Crippen LogP contribution >= 0.6 is 27.7 Å². The van der Waals surface area contributed by atoms with Crippen LogP contribution in [0.1, 0.15) is 0 Å². The van der Waals surface area contributed by atoms with Crippen LogP contribution in [0, 0.1) is 0 Å². The molecule has 0 saturated heterocycles. The highest BCUT2D eigenvalue weighted by Gasteiger charge is 2.13. The molecule has 17 heavy (non-hydrogen) atoms. The fourth-order valence-corrected chi connectivity index (χ4v) is 2.45. The minimum Gasteiger partial charge on any atom is -0.468 e. The molecule has 1 rings (SSSR count). The van der Waals surface area contributed by atoms with Gasteiger partial charge in [0, 0.05) is 23.7 Å². The van der Waals surface area contributed by atoms with Crippen LogP contribution in [-0.4, -0.2) is 36.7 Å². The molecule has 5 heteroatoms. The van der Waals surface area contributed by atoms with Gasteiger partial charge in [-0.05, 0) is 12.1 Å². The maximum atomic E-state index is 11.1. The first kappa shape index (κ1) is 14.5. The van der Waals surface area contributed by atoms with E-state index in [4.69, 9.17) is 0 Å². The van der Waals surface area contributed by atoms with Crippen LogP contribution < -0.4 is 5.32 Å². The first-order chi connectivity index (χ1) is 8.24. The second kappa shape index (κ2) is 8.55. The Kier molecular flexibility index (Phi) is 7.32. The van der Waals surface area contributed by atoms with E-state index < -0.39 is 0 Å². The number of rotatable bonds is 7. The highest BCUT2D eigenvalue weighted by atomic mass is 79.9. The number of esters is 1. The van der Waals surface area contributed by atoms with Crippen molar-refractivity contribution >= 4 is 33.7 Å². The van der Waals surface area contributed by atoms with Crippen LogP contribution in [0.5, 0.6) is 0 Å². The summed E-state index contributed by atoms with van der Waals surface area (Å²) in [6.07, 6.45) is 0. The average molecular weight is 318 g/mol. The Hall–Kier alpha value is -0.520. The van der Waals surface area contributed by atoms with Gasteiger partial charge in [-0.15, -0.1) is 11.8 Å². The second-order valence-corrected chi connectivity index (χ2v) is 5.63. The van der Waals surface area contributed by atoms with Gasteiger partial charge in [-0.2, -0.15) is 0 Å². The number of alkyl halides is 1. The molecule has 0 aromatic heterocycles. The Labute approximate surface area is 114 Å². The quantitative estimate of drug-likeness (QED) is 0.362. The van der Waals surface area contributed by atoms with E-state index in [2.05, 4.69) is 38.1 Å². The van der Waals surface area contributed by atoms with E-state index >= 15 is 0 Å². The van der Waals surface area contributed by atoms with Crippen molar-refractivity contribution in [3.05, 3.63) is 30.3 Å². The number of methoxy groups -OCH3 is 1. The Morgan fingerprint density at radius 1 is 1.47 bits per heavy atom. The van der Waals surface area contributed by atoms with E-state index in [1.165, 1.54) is 12.0 Å². The predicted molar refractivity (Wildman–Crippen MR) is 74.8 cm³/mol. The van der Waals surface area contributed by atoms with Crippen molar-refractivity contribution < 1.29 is 9.53 Å². The monoisotopic (exact) mass is 317 g/mol. The number of benzene rings is 1. The zero-order chi connectivity index (χ0) is 12.5. The lowest BCUT2D eigenvalue weighted by molar-refractivity contribution is -0.139. The number of hydrogen-bond donors (Lipinski definition) is 1. The van der Waals surface area contributed by atoms with Gasteiger partial charge in [-0.25, -0.2) is 0 Å². The first-order valence-electron chi connectivity index (χ1n) is 5.34. The number of carbonyl (C=O) groups is 1. The topological polar surface area (TPSA) is 38.3 Å². The van der Waals surface area contributed by atoms with Crippen molar-refractivity contribution in [2.24, 2.45) is 0 Å². The van der Waals surface area contributed by atoms with Crippen LogP contribution in [0.3, 0.4) is 0 Å². The van der Waals surface area contributed by atoms with E-state index in [1.54, 1.807) is 11.8 Å². The summed E-state index contributed by atoms with van der Waals surface area (Å²) in [6.45, 7) is 1.45. The van der Waals surface area contributed by atoms with Crippen LogP contribution in [0.2, 0.25) is 0 Å². The molecule has 0 saturated carbocycles. The summed E-state index contributed by atoms with van der Waals surface area (Å²) in [5, 5.41) is 3.20. The molecule has 0 aliphatic rings. The minimum atomic E-state index is -0.269. The van der Waals surface area contributed by atoms with Crippen molar-refractivity contribution in [2.75, 3.05) is 26.0 Å². The highest BCUT2D eigenvalue weighted by Crippen LogP contribution is 2.15. The normalized spacial score (nSPS) is 12.1. The largest absolute Gasteiger partial charge is 0.468 e. The van der Waals surface area contributed by atoms with E-state index in [0.717, 1.165) is 12.3 Å². The second-order valence-electron chi connectivity index (χ2n) is 3.36. The summed E-state index contributed by atoms with van der Waals surface area (Å²) in [6, 6.07) is 10.2. The zero-order valence-electron chi connectivity index (χ0n) is 9.69. The van der Waals surface area contributed by atoms with Gasteiger partial charge in [0.25, 0.3) is 0 Å². The third-order valence-electron chi connectivity index (χ3n) is 2.07. The smallest absolute Gasteiger partial charge is 0.320 e. The Morgan fingerprint density at radius 3 is 2.82 bits per heavy atom. The van der Waals surface area contributed by atoms with Crippen LogP contribution in [0.15, 0.2) is 35.2 Å². The van der Waals surface area contributed by atoms with E-state index in [9.17, 15) is 4.79 Å². The molecule has 1 atom stereocenters. The Balaban J connectivity index is 2.07. The molecule has 1 aromatic carbocycles. The van der Waals surface area contributed by atoms with E-state index in [-0.39, 0.29) is 10.8 Å². The van der Waals surface area contributed by atoms with Crippen molar-refractivity contribution in [2.45, 2.75) is 9.72 Å². The molecule has 0 spiro atoms. The lowest BCUT2D eigenvalue weighted by atomic mass is 10.4. The van der Waals surface area contributed by atoms with E-state index in [1.807, 2.05) is 18.2 Å². The van der Waals surface area contributed by atoms with Gasteiger partial charge in [-0.3, -0.25) is 4.79 Å². The van der Waals surface area contributed by atoms with E-state index in [0.29, 0.717) is 6.54 Å². The summed E-state index contributed by atoms with van der Waals surface area (Å²) in [4.78, 5) is 12.1. The number of carbonyl (C=O) groups excluding carboxylic acids is 1. The summed E-state index contributed by atoms with van der Waals surface area (Å²) in [5.41, 5.74) is 0. The number of hydrogen-bond acceptors (Lipinski definition) is 4. The summed E-state index contributed by atoms with van der Waals surface area (Å²) < 4.78 is 4.61. The molecule has 1 unspecified atom stereocenters. The van der Waals surface area contributed by atoms with Crippen molar-refractivity contribution in [1.29, 1.82) is 0 Å². The Morgan fingerprint density at radius 2 is 2.18 bits per heavy atom. The molecule has 0 aliphatic heterocycles. The fourth-order valence-electron chi connectivity index (χ4n) is 1.20. The van der Waals surface area contributed by atoms with Crippen LogP contribution in [0.25, 0.3) is 0 Å². The van der Waals surface area contributed by atoms with Gasteiger partial charge < -0.3 is 10.1 Å². The molecule has 0 fully saturated rings. The van der Waals surface area contributed by atoms with Crippen LogP contribution in [-0.2, 0) is 9.53 Å². The minimum absolute atomic E-state index is 0.242. The summed E-state index contributed by atoms with van der Waals surface area (Å²) in [5.74, 6) is 0.735. The number of ether oxygens (including phenoxy) is 1. The maximum Gasteiger partial charge on any atom is 0.320 e. The third-order valence-corrected chi connectivity index (χ3v) is 3.78. The molecular weight excluding hydrogens is 302 g/mol. The number of nitrogens with one attached hydrogen (secondary N) is 1. The molecular formula is C12H16BrNO2S. The van der Waals surface area contributed by atoms with Crippen LogP contribution in [0.4, 0.5) is 0 Å². The molecule has 1 N–H and O–H groups in total. The Bertz CT molecular complexity index is 335. The molecule has 0 bridgehead atoms. The van der Waals surface area contributed by atoms with Crippen molar-refractivity contribution in [3.63, 3.8) is 0 Å². The number of halogens is 1. The first-order valence-corrected chi connectivity index (χ1v) is 7.24. The van der Waals surface area contributed by atoms with Gasteiger partial charge in [0.2, 0.25) is 0 Å².